The first-order valence-corrected chi connectivity index (χ1v) is 7.70. The molecule has 0 saturated carbocycles. The van der Waals surface area contributed by atoms with E-state index >= 15 is 0 Å². The highest BCUT2D eigenvalue weighted by atomic mass is 16.4. The van der Waals surface area contributed by atoms with E-state index < -0.39 is 5.97 Å². The van der Waals surface area contributed by atoms with E-state index in [0.717, 1.165) is 11.3 Å². The van der Waals surface area contributed by atoms with Gasteiger partial charge in [-0.25, -0.2) is 0 Å². The van der Waals surface area contributed by atoms with Crippen LogP contribution in [0.1, 0.15) is 41.4 Å². The van der Waals surface area contributed by atoms with Gasteiger partial charge in [0.05, 0.1) is 24.0 Å². The zero-order valence-corrected chi connectivity index (χ0v) is 13.2. The number of carboxylic acids is 1. The third-order valence-corrected chi connectivity index (χ3v) is 3.56. The fraction of sp³-hybridized carbons (Fsp3) is 0.353. The van der Waals surface area contributed by atoms with Gasteiger partial charge in [-0.05, 0) is 18.4 Å². The summed E-state index contributed by atoms with van der Waals surface area (Å²) in [6, 6.07) is 9.95. The van der Waals surface area contributed by atoms with Gasteiger partial charge >= 0.3 is 5.97 Å². The van der Waals surface area contributed by atoms with Gasteiger partial charge in [0.15, 0.2) is 0 Å². The number of hydrogen-bond acceptors (Lipinski definition) is 3. The number of hydrogen-bond donors (Lipinski definition) is 2. The van der Waals surface area contributed by atoms with Gasteiger partial charge in [-0.3, -0.25) is 14.3 Å². The molecule has 0 spiro atoms. The van der Waals surface area contributed by atoms with Crippen molar-refractivity contribution in [1.82, 2.24) is 15.1 Å². The molecule has 6 heteroatoms. The Hall–Kier alpha value is -2.63. The van der Waals surface area contributed by atoms with Crippen molar-refractivity contribution >= 4 is 11.9 Å². The minimum Gasteiger partial charge on any atom is -0.481 e. The van der Waals surface area contributed by atoms with Crippen molar-refractivity contribution in [2.75, 3.05) is 6.54 Å². The summed E-state index contributed by atoms with van der Waals surface area (Å²) in [7, 11) is 0. The summed E-state index contributed by atoms with van der Waals surface area (Å²) in [5.41, 5.74) is 2.56. The molecule has 2 aromatic rings. The fourth-order valence-electron chi connectivity index (χ4n) is 2.40. The molecule has 0 aliphatic rings. The number of aliphatic carboxylic acids is 1. The first-order chi connectivity index (χ1) is 11.1. The second-order valence-corrected chi connectivity index (χ2v) is 5.25. The summed E-state index contributed by atoms with van der Waals surface area (Å²) in [6.45, 7) is 2.95. The molecule has 0 unspecified atom stereocenters. The largest absolute Gasteiger partial charge is 0.481 e. The van der Waals surface area contributed by atoms with Gasteiger partial charge in [0.1, 0.15) is 0 Å². The van der Waals surface area contributed by atoms with Crippen LogP contribution < -0.4 is 5.32 Å². The van der Waals surface area contributed by atoms with Crippen LogP contribution in [0.3, 0.4) is 0 Å². The Kier molecular flexibility index (Phi) is 5.91. The average Bonchev–Trinajstić information content (AvgIpc) is 2.95. The van der Waals surface area contributed by atoms with E-state index in [-0.39, 0.29) is 12.3 Å². The molecule has 0 radical (unpaired) electrons. The fourth-order valence-corrected chi connectivity index (χ4v) is 2.40. The van der Waals surface area contributed by atoms with Crippen LogP contribution in [-0.4, -0.2) is 33.3 Å². The van der Waals surface area contributed by atoms with Crippen LogP contribution in [-0.2, 0) is 17.8 Å². The Bertz CT molecular complexity index is 665. The Balaban J connectivity index is 2.02. The zero-order valence-electron chi connectivity index (χ0n) is 13.2. The molecule has 0 aliphatic heterocycles. The van der Waals surface area contributed by atoms with E-state index in [1.165, 1.54) is 0 Å². The predicted octanol–water partition coefficient (Wildman–Crippen LogP) is 2.09. The minimum atomic E-state index is -0.857. The van der Waals surface area contributed by atoms with E-state index in [9.17, 15) is 9.59 Å². The van der Waals surface area contributed by atoms with Crippen molar-refractivity contribution in [3.05, 3.63) is 53.3 Å². The average molecular weight is 315 g/mol. The molecule has 0 aliphatic carbocycles. The van der Waals surface area contributed by atoms with Crippen LogP contribution in [0.5, 0.6) is 0 Å². The van der Waals surface area contributed by atoms with Crippen LogP contribution in [0.25, 0.3) is 0 Å². The molecule has 2 rings (SSSR count). The summed E-state index contributed by atoms with van der Waals surface area (Å²) in [4.78, 5) is 22.7. The number of aromatic nitrogens is 2. The summed E-state index contributed by atoms with van der Waals surface area (Å²) < 4.78 is 1.83. The molecule has 2 N–H and O–H groups in total. The van der Waals surface area contributed by atoms with Crippen molar-refractivity contribution in [2.24, 2.45) is 0 Å². The number of nitrogens with zero attached hydrogens (tertiary/aromatic N) is 2. The number of nitrogens with one attached hydrogen (secondary N) is 1. The number of carbonyl (C=O) groups excluding carboxylic acids is 1. The zero-order chi connectivity index (χ0) is 16.7. The maximum Gasteiger partial charge on any atom is 0.303 e. The molecule has 1 heterocycles. The van der Waals surface area contributed by atoms with E-state index in [0.29, 0.717) is 31.5 Å². The van der Waals surface area contributed by atoms with E-state index in [1.807, 2.05) is 41.9 Å². The molecular weight excluding hydrogens is 294 g/mol. The molecule has 6 nitrogen and oxygen atoms in total. The molecule has 122 valence electrons. The van der Waals surface area contributed by atoms with Crippen molar-refractivity contribution < 1.29 is 14.7 Å². The molecule has 1 amide bonds. The molecule has 0 fully saturated rings. The Morgan fingerprint density at radius 2 is 2.00 bits per heavy atom. The highest BCUT2D eigenvalue weighted by Gasteiger charge is 2.16. The number of rotatable bonds is 8. The summed E-state index contributed by atoms with van der Waals surface area (Å²) in [5.74, 6) is -1.06. The predicted molar refractivity (Wildman–Crippen MR) is 86.4 cm³/mol. The maximum atomic E-state index is 12.2. The van der Waals surface area contributed by atoms with Gasteiger partial charge < -0.3 is 10.4 Å². The van der Waals surface area contributed by atoms with Crippen molar-refractivity contribution in [3.63, 3.8) is 0 Å². The quantitative estimate of drug-likeness (QED) is 0.731. The molecule has 1 aromatic heterocycles. The number of amides is 1. The van der Waals surface area contributed by atoms with Gasteiger partial charge in [-0.15, -0.1) is 0 Å². The Morgan fingerprint density at radius 3 is 2.65 bits per heavy atom. The molecule has 1 aromatic carbocycles. The van der Waals surface area contributed by atoms with Crippen molar-refractivity contribution in [2.45, 2.75) is 32.7 Å². The van der Waals surface area contributed by atoms with E-state index in [4.69, 9.17) is 5.11 Å². The second-order valence-electron chi connectivity index (χ2n) is 5.25. The van der Waals surface area contributed by atoms with Crippen LogP contribution in [0.2, 0.25) is 0 Å². The maximum absolute atomic E-state index is 12.2. The van der Waals surface area contributed by atoms with Crippen LogP contribution >= 0.6 is 0 Å². The Labute approximate surface area is 135 Å². The van der Waals surface area contributed by atoms with Crippen LogP contribution in [0, 0.1) is 0 Å². The lowest BCUT2D eigenvalue weighted by atomic mass is 10.1. The topological polar surface area (TPSA) is 84.2 Å². The number of carboxylic acid groups (broad SMARTS) is 1. The lowest BCUT2D eigenvalue weighted by Crippen LogP contribution is -2.25. The standard InChI is InChI=1S/C17H21N3O3/c1-2-15-14(17(23)18-10-6-9-16(21)22)11-19-20(15)12-13-7-4-3-5-8-13/h3-5,7-8,11H,2,6,9-10,12H2,1H3,(H,18,23)(H,21,22). The molecule has 0 atom stereocenters. The summed E-state index contributed by atoms with van der Waals surface area (Å²) >= 11 is 0. The summed E-state index contributed by atoms with van der Waals surface area (Å²) in [5, 5.41) is 15.7. The molecule has 0 bridgehead atoms. The highest BCUT2D eigenvalue weighted by molar-refractivity contribution is 5.95. The van der Waals surface area contributed by atoms with Gasteiger partial charge in [0, 0.05) is 13.0 Å². The summed E-state index contributed by atoms with van der Waals surface area (Å²) in [6.07, 6.45) is 2.74. The smallest absolute Gasteiger partial charge is 0.303 e. The van der Waals surface area contributed by atoms with Gasteiger partial charge in [0.2, 0.25) is 0 Å². The van der Waals surface area contributed by atoms with Gasteiger partial charge in [-0.2, -0.15) is 5.10 Å². The van der Waals surface area contributed by atoms with Gasteiger partial charge in [0.25, 0.3) is 5.91 Å². The van der Waals surface area contributed by atoms with Gasteiger partial charge in [-0.1, -0.05) is 37.3 Å². The molecule has 23 heavy (non-hydrogen) atoms. The normalized spacial score (nSPS) is 10.5. The molecular formula is C17H21N3O3. The molecule has 0 saturated heterocycles. The first-order valence-electron chi connectivity index (χ1n) is 7.70. The highest BCUT2D eigenvalue weighted by Crippen LogP contribution is 2.12. The van der Waals surface area contributed by atoms with Crippen LogP contribution in [0.4, 0.5) is 0 Å². The third-order valence-electron chi connectivity index (χ3n) is 3.56. The van der Waals surface area contributed by atoms with E-state index in [2.05, 4.69) is 10.4 Å². The van der Waals surface area contributed by atoms with Crippen molar-refractivity contribution in [1.29, 1.82) is 0 Å². The number of benzene rings is 1. The third kappa shape index (κ3) is 4.67. The lowest BCUT2D eigenvalue weighted by Gasteiger charge is -2.08. The lowest BCUT2D eigenvalue weighted by molar-refractivity contribution is -0.137. The van der Waals surface area contributed by atoms with Crippen molar-refractivity contribution in [3.8, 4) is 0 Å². The number of carbonyl (C=O) groups is 2. The Morgan fingerprint density at radius 1 is 1.26 bits per heavy atom. The monoisotopic (exact) mass is 315 g/mol. The van der Waals surface area contributed by atoms with Crippen LogP contribution in [0.15, 0.2) is 36.5 Å². The SMILES string of the molecule is CCc1c(C(=O)NCCCC(=O)O)cnn1Cc1ccccc1. The second kappa shape index (κ2) is 8.12. The first kappa shape index (κ1) is 16.7. The minimum absolute atomic E-state index is 0.0498. The van der Waals surface area contributed by atoms with E-state index in [1.54, 1.807) is 6.20 Å².